The van der Waals surface area contributed by atoms with Gasteiger partial charge in [0.1, 0.15) is 18.2 Å². The Hall–Kier alpha value is -1.81. The first-order chi connectivity index (χ1) is 10.5. The van der Waals surface area contributed by atoms with Crippen LogP contribution in [-0.2, 0) is 6.54 Å². The van der Waals surface area contributed by atoms with E-state index in [1.807, 2.05) is 18.2 Å². The molecule has 4 heteroatoms. The van der Waals surface area contributed by atoms with Crippen LogP contribution in [0.1, 0.15) is 11.1 Å². The summed E-state index contributed by atoms with van der Waals surface area (Å²) in [6, 6.07) is 10.7. The van der Waals surface area contributed by atoms with Crippen LogP contribution in [0.15, 0.2) is 53.0 Å². The summed E-state index contributed by atoms with van der Waals surface area (Å²) in [5.41, 5.74) is 4.28. The molecule has 0 saturated heterocycles. The van der Waals surface area contributed by atoms with Crippen molar-refractivity contribution in [2.75, 3.05) is 18.1 Å². The molecule has 0 saturated carbocycles. The Morgan fingerprint density at radius 2 is 2.00 bits per heavy atom. The van der Waals surface area contributed by atoms with Crippen LogP contribution in [0.5, 0.6) is 5.75 Å². The molecule has 0 radical (unpaired) electrons. The van der Waals surface area contributed by atoms with E-state index in [0.717, 1.165) is 39.2 Å². The molecule has 0 amide bonds. The molecule has 2 aromatic carbocycles. The molecule has 0 bridgehead atoms. The number of hydrogen-bond acceptors (Lipinski definition) is 2. The number of rotatable bonds is 2. The molecule has 1 aliphatic heterocycles. The van der Waals surface area contributed by atoms with Crippen molar-refractivity contribution in [1.82, 2.24) is 0 Å². The fraction of sp³-hybridized carbons (Fsp3) is 0.222. The van der Waals surface area contributed by atoms with Crippen LogP contribution >= 0.6 is 15.9 Å². The van der Waals surface area contributed by atoms with Crippen LogP contribution in [0.3, 0.4) is 0 Å². The maximum Gasteiger partial charge on any atom is 0.144 e. The number of aryl methyl sites for hydroxylation is 1. The number of halogens is 2. The maximum atomic E-state index is 13.1. The van der Waals surface area contributed by atoms with Gasteiger partial charge in [-0.05, 0) is 47.9 Å². The van der Waals surface area contributed by atoms with Gasteiger partial charge in [-0.3, -0.25) is 0 Å². The Morgan fingerprint density at radius 1 is 1.27 bits per heavy atom. The molecule has 2 aromatic rings. The van der Waals surface area contributed by atoms with E-state index in [9.17, 15) is 4.39 Å². The van der Waals surface area contributed by atoms with Crippen LogP contribution in [0.25, 0.3) is 0 Å². The Labute approximate surface area is 138 Å². The SMILES string of the molecule is C=C1COc2cc(Br)c(C)cc2N(Cc2ccc(F)cc2)C1. The smallest absolute Gasteiger partial charge is 0.144 e. The number of ether oxygens (including phenoxy) is 1. The average Bonchev–Trinajstić information content (AvgIpc) is 2.63. The van der Waals surface area contributed by atoms with E-state index in [-0.39, 0.29) is 5.82 Å². The number of benzene rings is 2. The van der Waals surface area contributed by atoms with Gasteiger partial charge < -0.3 is 9.64 Å². The topological polar surface area (TPSA) is 12.5 Å². The minimum absolute atomic E-state index is 0.215. The summed E-state index contributed by atoms with van der Waals surface area (Å²) in [6.45, 7) is 8.06. The molecular formula is C18H17BrFNO. The van der Waals surface area contributed by atoms with Crippen molar-refractivity contribution in [3.8, 4) is 5.75 Å². The second-order valence-corrected chi connectivity index (χ2v) is 6.44. The van der Waals surface area contributed by atoms with Crippen LogP contribution < -0.4 is 9.64 Å². The van der Waals surface area contributed by atoms with Gasteiger partial charge in [-0.2, -0.15) is 0 Å². The predicted molar refractivity (Wildman–Crippen MR) is 91.0 cm³/mol. The number of fused-ring (bicyclic) bond motifs is 1. The lowest BCUT2D eigenvalue weighted by atomic mass is 10.1. The Morgan fingerprint density at radius 3 is 2.73 bits per heavy atom. The summed E-state index contributed by atoms with van der Waals surface area (Å²) in [7, 11) is 0. The number of nitrogens with zero attached hydrogens (tertiary/aromatic N) is 1. The van der Waals surface area contributed by atoms with E-state index in [2.05, 4.69) is 40.4 Å². The van der Waals surface area contributed by atoms with E-state index in [0.29, 0.717) is 13.2 Å². The normalized spacial score (nSPS) is 14.3. The molecule has 0 N–H and O–H groups in total. The molecule has 0 atom stereocenters. The van der Waals surface area contributed by atoms with E-state index in [1.165, 1.54) is 12.1 Å². The Kier molecular flexibility index (Phi) is 4.21. The van der Waals surface area contributed by atoms with E-state index < -0.39 is 0 Å². The fourth-order valence-corrected chi connectivity index (χ4v) is 2.86. The molecule has 0 aliphatic carbocycles. The van der Waals surface area contributed by atoms with Crippen molar-refractivity contribution in [2.45, 2.75) is 13.5 Å². The molecule has 0 aromatic heterocycles. The molecule has 3 rings (SSSR count). The second-order valence-electron chi connectivity index (χ2n) is 5.59. The lowest BCUT2D eigenvalue weighted by Crippen LogP contribution is -2.24. The molecule has 0 fully saturated rings. The van der Waals surface area contributed by atoms with Gasteiger partial charge in [0.15, 0.2) is 0 Å². The van der Waals surface area contributed by atoms with Crippen LogP contribution in [0.4, 0.5) is 10.1 Å². The van der Waals surface area contributed by atoms with Crippen molar-refractivity contribution in [3.63, 3.8) is 0 Å². The molecule has 22 heavy (non-hydrogen) atoms. The highest BCUT2D eigenvalue weighted by atomic mass is 79.9. The summed E-state index contributed by atoms with van der Waals surface area (Å²) in [5.74, 6) is 0.630. The monoisotopic (exact) mass is 361 g/mol. The summed E-state index contributed by atoms with van der Waals surface area (Å²) in [4.78, 5) is 2.22. The number of hydrogen-bond donors (Lipinski definition) is 0. The third-order valence-corrected chi connectivity index (χ3v) is 4.57. The molecule has 1 aliphatic rings. The molecule has 2 nitrogen and oxygen atoms in total. The van der Waals surface area contributed by atoms with Gasteiger partial charge in [0, 0.05) is 17.6 Å². The maximum absolute atomic E-state index is 13.1. The van der Waals surface area contributed by atoms with Crippen molar-refractivity contribution >= 4 is 21.6 Å². The molecular weight excluding hydrogens is 345 g/mol. The summed E-state index contributed by atoms with van der Waals surface area (Å²) >= 11 is 3.55. The van der Waals surface area contributed by atoms with E-state index >= 15 is 0 Å². The number of anilines is 1. The second kappa shape index (κ2) is 6.13. The molecule has 1 heterocycles. The van der Waals surface area contributed by atoms with Crippen molar-refractivity contribution in [1.29, 1.82) is 0 Å². The highest BCUT2D eigenvalue weighted by molar-refractivity contribution is 9.10. The van der Waals surface area contributed by atoms with Gasteiger partial charge in [0.25, 0.3) is 0 Å². The van der Waals surface area contributed by atoms with Gasteiger partial charge in [0.05, 0.1) is 5.69 Å². The molecule has 114 valence electrons. The molecule has 0 unspecified atom stereocenters. The summed E-state index contributed by atoms with van der Waals surface area (Å²) in [5, 5.41) is 0. The average molecular weight is 362 g/mol. The zero-order valence-electron chi connectivity index (χ0n) is 12.4. The van der Waals surface area contributed by atoms with Crippen molar-refractivity contribution < 1.29 is 9.13 Å². The third-order valence-electron chi connectivity index (χ3n) is 3.71. The van der Waals surface area contributed by atoms with Crippen molar-refractivity contribution in [2.24, 2.45) is 0 Å². The first-order valence-corrected chi connectivity index (χ1v) is 7.91. The van der Waals surface area contributed by atoms with E-state index in [4.69, 9.17) is 4.74 Å². The van der Waals surface area contributed by atoms with Gasteiger partial charge in [-0.1, -0.05) is 34.6 Å². The molecule has 0 spiro atoms. The highest BCUT2D eigenvalue weighted by Crippen LogP contribution is 2.37. The van der Waals surface area contributed by atoms with Gasteiger partial charge in [-0.15, -0.1) is 0 Å². The minimum atomic E-state index is -0.215. The Balaban J connectivity index is 1.97. The predicted octanol–water partition coefficient (Wildman–Crippen LogP) is 4.85. The fourth-order valence-electron chi connectivity index (χ4n) is 2.54. The third kappa shape index (κ3) is 3.17. The lowest BCUT2D eigenvalue weighted by Gasteiger charge is -2.25. The van der Waals surface area contributed by atoms with Crippen LogP contribution in [-0.4, -0.2) is 13.2 Å². The van der Waals surface area contributed by atoms with Crippen LogP contribution in [0.2, 0.25) is 0 Å². The quantitative estimate of drug-likeness (QED) is 0.708. The summed E-state index contributed by atoms with van der Waals surface area (Å²) in [6.07, 6.45) is 0. The zero-order valence-corrected chi connectivity index (χ0v) is 14.0. The highest BCUT2D eigenvalue weighted by Gasteiger charge is 2.19. The minimum Gasteiger partial charge on any atom is -0.487 e. The Bertz CT molecular complexity index is 712. The van der Waals surface area contributed by atoms with Gasteiger partial charge in [0.2, 0.25) is 0 Å². The van der Waals surface area contributed by atoms with E-state index in [1.54, 1.807) is 0 Å². The first kappa shape index (κ1) is 15.1. The zero-order chi connectivity index (χ0) is 15.7. The first-order valence-electron chi connectivity index (χ1n) is 7.12. The van der Waals surface area contributed by atoms with Crippen molar-refractivity contribution in [3.05, 3.63) is 70.0 Å². The standard InChI is InChI=1S/C18H17BrFNO/c1-12-9-21(10-14-3-5-15(20)6-4-14)17-7-13(2)16(19)8-18(17)22-11-12/h3-8H,1,9-11H2,2H3. The van der Waals surface area contributed by atoms with Crippen LogP contribution in [0, 0.1) is 12.7 Å². The lowest BCUT2D eigenvalue weighted by molar-refractivity contribution is 0.357. The van der Waals surface area contributed by atoms with Gasteiger partial charge >= 0.3 is 0 Å². The van der Waals surface area contributed by atoms with Gasteiger partial charge in [-0.25, -0.2) is 4.39 Å². The summed E-state index contributed by atoms with van der Waals surface area (Å²) < 4.78 is 20.0. The largest absolute Gasteiger partial charge is 0.487 e.